The van der Waals surface area contributed by atoms with Gasteiger partial charge >= 0.3 is 6.03 Å². The van der Waals surface area contributed by atoms with Crippen LogP contribution in [0.1, 0.15) is 50.2 Å². The molecule has 166 valence electrons. The first kappa shape index (κ1) is 21.8. The van der Waals surface area contributed by atoms with Gasteiger partial charge in [0.1, 0.15) is 5.82 Å². The van der Waals surface area contributed by atoms with Crippen LogP contribution in [0, 0.1) is 5.82 Å². The third-order valence-electron chi connectivity index (χ3n) is 7.08. The minimum absolute atomic E-state index is 0.00864. The quantitative estimate of drug-likeness (QED) is 0.735. The summed E-state index contributed by atoms with van der Waals surface area (Å²) in [6.45, 7) is 2.69. The van der Waals surface area contributed by atoms with Gasteiger partial charge in [-0.25, -0.2) is 17.6 Å². The van der Waals surface area contributed by atoms with Gasteiger partial charge in [-0.2, -0.15) is 0 Å². The number of anilines is 1. The van der Waals surface area contributed by atoms with Crippen molar-refractivity contribution in [1.82, 2.24) is 5.32 Å². The number of nitrogens with one attached hydrogen (secondary N) is 1. The van der Waals surface area contributed by atoms with E-state index >= 15 is 0 Å². The van der Waals surface area contributed by atoms with Gasteiger partial charge in [-0.1, -0.05) is 37.3 Å². The van der Waals surface area contributed by atoms with E-state index in [0.717, 1.165) is 37.7 Å². The Hall–Kier alpha value is -2.41. The number of hydrogen-bond donors (Lipinski definition) is 1. The van der Waals surface area contributed by atoms with Crippen LogP contribution in [0.3, 0.4) is 0 Å². The number of benzene rings is 2. The van der Waals surface area contributed by atoms with Gasteiger partial charge in [0.25, 0.3) is 0 Å². The zero-order valence-corrected chi connectivity index (χ0v) is 18.8. The largest absolute Gasteiger partial charge is 0.330 e. The van der Waals surface area contributed by atoms with Crippen molar-refractivity contribution in [3.63, 3.8) is 0 Å². The first-order valence-electron chi connectivity index (χ1n) is 10.8. The third kappa shape index (κ3) is 4.33. The molecule has 1 aliphatic heterocycles. The van der Waals surface area contributed by atoms with Gasteiger partial charge in [0.05, 0.1) is 17.8 Å². The number of sulfone groups is 1. The van der Waals surface area contributed by atoms with Crippen molar-refractivity contribution < 1.29 is 17.6 Å². The van der Waals surface area contributed by atoms with Crippen LogP contribution < -0.4 is 10.2 Å². The van der Waals surface area contributed by atoms with Crippen LogP contribution >= 0.6 is 0 Å². The molecule has 2 amide bonds. The predicted octanol–water partition coefficient (Wildman–Crippen LogP) is 4.56. The fourth-order valence-corrected chi connectivity index (χ4v) is 6.03. The molecule has 0 atom stereocenters. The van der Waals surface area contributed by atoms with Gasteiger partial charge < -0.3 is 5.32 Å². The van der Waals surface area contributed by atoms with Gasteiger partial charge in [-0.3, -0.25) is 4.90 Å². The average Bonchev–Trinajstić information content (AvgIpc) is 3.05. The molecule has 2 aromatic rings. The van der Waals surface area contributed by atoms with Gasteiger partial charge in [0.15, 0.2) is 9.84 Å². The number of rotatable bonds is 5. The van der Waals surface area contributed by atoms with Crippen molar-refractivity contribution in [1.29, 1.82) is 0 Å². The zero-order chi connectivity index (χ0) is 22.3. The highest BCUT2D eigenvalue weighted by Gasteiger charge is 2.49. The van der Waals surface area contributed by atoms with Gasteiger partial charge in [-0.15, -0.1) is 0 Å². The molecule has 5 nitrogen and oxygen atoms in total. The van der Waals surface area contributed by atoms with Crippen LogP contribution in [-0.2, 0) is 21.0 Å². The average molecular weight is 445 g/mol. The third-order valence-corrected chi connectivity index (χ3v) is 7.91. The summed E-state index contributed by atoms with van der Waals surface area (Å²) in [7, 11) is -3.22. The molecular weight excluding hydrogens is 415 g/mol. The van der Waals surface area contributed by atoms with E-state index in [1.165, 1.54) is 18.4 Å². The highest BCUT2D eigenvalue weighted by atomic mass is 32.2. The summed E-state index contributed by atoms with van der Waals surface area (Å²) in [5.41, 5.74) is 2.13. The van der Waals surface area contributed by atoms with Crippen molar-refractivity contribution in [2.24, 2.45) is 0 Å². The number of amides is 2. The van der Waals surface area contributed by atoms with E-state index in [0.29, 0.717) is 17.8 Å². The van der Waals surface area contributed by atoms with Crippen molar-refractivity contribution in [3.05, 3.63) is 65.5 Å². The lowest BCUT2D eigenvalue weighted by atomic mass is 9.63. The highest BCUT2D eigenvalue weighted by Crippen LogP contribution is 2.47. The van der Waals surface area contributed by atoms with Gasteiger partial charge in [-0.05, 0) is 66.8 Å². The second-order valence-electron chi connectivity index (χ2n) is 9.14. The molecule has 1 N–H and O–H groups in total. The number of hydrogen-bond acceptors (Lipinski definition) is 3. The molecule has 7 heteroatoms. The van der Waals surface area contributed by atoms with Crippen LogP contribution in [0.25, 0.3) is 0 Å². The molecule has 1 saturated carbocycles. The molecule has 1 heterocycles. The normalized spacial score (nSPS) is 26.3. The monoisotopic (exact) mass is 444 g/mol. The topological polar surface area (TPSA) is 66.5 Å². The van der Waals surface area contributed by atoms with Gasteiger partial charge in [0.2, 0.25) is 0 Å². The lowest BCUT2D eigenvalue weighted by molar-refractivity contribution is 0.184. The van der Waals surface area contributed by atoms with E-state index in [1.54, 1.807) is 17.0 Å². The number of carbonyl (C=O) groups excluding carboxylic acids is 1. The van der Waals surface area contributed by atoms with Crippen molar-refractivity contribution in [2.75, 3.05) is 17.7 Å². The van der Waals surface area contributed by atoms with Crippen molar-refractivity contribution >= 4 is 21.6 Å². The molecule has 0 radical (unpaired) electrons. The molecule has 2 aromatic carbocycles. The molecule has 2 fully saturated rings. The zero-order valence-electron chi connectivity index (χ0n) is 18.0. The van der Waals surface area contributed by atoms with Crippen LogP contribution in [0.5, 0.6) is 0 Å². The number of para-hydroxylation sites is 1. The maximum absolute atomic E-state index is 13.4. The molecule has 4 rings (SSSR count). The van der Waals surface area contributed by atoms with Crippen molar-refractivity contribution in [3.8, 4) is 0 Å². The minimum Gasteiger partial charge on any atom is -0.330 e. The molecule has 1 spiro atoms. The maximum atomic E-state index is 13.4. The number of nitrogens with zero attached hydrogens (tertiary/aromatic N) is 1. The van der Waals surface area contributed by atoms with Gasteiger partial charge in [0, 0.05) is 11.9 Å². The minimum atomic E-state index is -3.22. The summed E-state index contributed by atoms with van der Waals surface area (Å²) >= 11 is 0. The summed E-state index contributed by atoms with van der Waals surface area (Å²) in [6.07, 6.45) is 5.64. The summed E-state index contributed by atoms with van der Waals surface area (Å²) in [5.74, 6) is -0.322. The van der Waals surface area contributed by atoms with E-state index in [4.69, 9.17) is 0 Å². The lowest BCUT2D eigenvalue weighted by Gasteiger charge is -2.44. The molecule has 0 aromatic heterocycles. The fourth-order valence-electron chi connectivity index (χ4n) is 5.22. The summed E-state index contributed by atoms with van der Waals surface area (Å²) in [5, 5.41) is 3.21. The smallest absolute Gasteiger partial charge is 0.322 e. The second kappa shape index (κ2) is 7.93. The Morgan fingerprint density at radius 3 is 2.29 bits per heavy atom. The Morgan fingerprint density at radius 2 is 1.68 bits per heavy atom. The molecule has 1 aliphatic carbocycles. The molecule has 31 heavy (non-hydrogen) atoms. The van der Waals surface area contributed by atoms with E-state index in [1.807, 2.05) is 24.3 Å². The van der Waals surface area contributed by atoms with Crippen LogP contribution in [0.2, 0.25) is 0 Å². The lowest BCUT2D eigenvalue weighted by Crippen LogP contribution is -2.49. The van der Waals surface area contributed by atoms with E-state index in [2.05, 4.69) is 12.2 Å². The standard InChI is InChI=1S/C24H29FN2O3S/c1-3-23(19-8-10-20(25)11-9-19)12-14-24(15-13-23)17-27(22(28)26-24)21-7-5-4-6-18(21)16-31(2,29)30/h4-11H,3,12-17H2,1-2H3,(H,26,28). The number of carbonyl (C=O) groups is 1. The first-order chi connectivity index (χ1) is 14.7. The molecule has 0 unspecified atom stereocenters. The molecule has 1 saturated heterocycles. The summed E-state index contributed by atoms with van der Waals surface area (Å²) < 4.78 is 37.1. The highest BCUT2D eigenvalue weighted by molar-refractivity contribution is 7.89. The molecule has 0 bridgehead atoms. The van der Waals surface area contributed by atoms with Crippen LogP contribution in [0.4, 0.5) is 14.9 Å². The Labute approximate surface area is 183 Å². The fraction of sp³-hybridized carbons (Fsp3) is 0.458. The Kier molecular flexibility index (Phi) is 5.58. The second-order valence-corrected chi connectivity index (χ2v) is 11.3. The van der Waals surface area contributed by atoms with E-state index in [9.17, 15) is 17.6 Å². The van der Waals surface area contributed by atoms with Crippen molar-refractivity contribution in [2.45, 2.75) is 55.7 Å². The maximum Gasteiger partial charge on any atom is 0.322 e. The first-order valence-corrected chi connectivity index (χ1v) is 12.8. The van der Waals surface area contributed by atoms with E-state index < -0.39 is 9.84 Å². The number of halogens is 1. The van der Waals surface area contributed by atoms with Crippen LogP contribution in [0.15, 0.2) is 48.5 Å². The Bertz CT molecular complexity index is 1070. The Morgan fingerprint density at radius 1 is 1.03 bits per heavy atom. The number of urea groups is 1. The van der Waals surface area contributed by atoms with Crippen LogP contribution in [-0.4, -0.2) is 32.8 Å². The predicted molar refractivity (Wildman–Crippen MR) is 120 cm³/mol. The SMILES string of the molecule is CCC1(c2ccc(F)cc2)CCC2(CC1)CN(c1ccccc1CS(C)(=O)=O)C(=O)N2. The molecular formula is C24H29FN2O3S. The molecule has 2 aliphatic rings. The Balaban J connectivity index is 1.55. The summed E-state index contributed by atoms with van der Waals surface area (Å²) in [4.78, 5) is 14.6. The van der Waals surface area contributed by atoms with E-state index in [-0.39, 0.29) is 28.6 Å². The summed E-state index contributed by atoms with van der Waals surface area (Å²) in [6, 6.07) is 13.9.